The molecule has 1 amide bonds. The number of hydrogen-bond acceptors (Lipinski definition) is 3. The maximum atomic E-state index is 12.9. The Morgan fingerprint density at radius 2 is 1.65 bits per heavy atom. The van der Waals surface area contributed by atoms with E-state index in [-0.39, 0.29) is 5.91 Å². The molecule has 4 rings (SSSR count). The fourth-order valence-electron chi connectivity index (χ4n) is 3.57. The lowest BCUT2D eigenvalue weighted by molar-refractivity contribution is 0.0944. The predicted molar refractivity (Wildman–Crippen MR) is 123 cm³/mol. The molecule has 0 radical (unpaired) electrons. The van der Waals surface area contributed by atoms with E-state index in [1.165, 1.54) is 11.1 Å². The summed E-state index contributed by atoms with van der Waals surface area (Å²) in [6, 6.07) is 20.0. The highest BCUT2D eigenvalue weighted by atomic mass is 35.5. The summed E-state index contributed by atoms with van der Waals surface area (Å²) >= 11 is 6.12. The highest BCUT2D eigenvalue weighted by Gasteiger charge is 2.18. The second-order valence-corrected chi connectivity index (χ2v) is 7.80. The molecule has 0 spiro atoms. The standard InChI is InChI=1S/C25H24ClN3O2/c1-3-22-24(29-16-20(26)10-13-23(29)28-22)25(30)27-15-19-6-4-17(5-7-19)14-18-8-11-21(31-2)12-9-18/h4-13,16H,3,14-15H2,1-2H3,(H,27,30). The number of nitrogens with one attached hydrogen (secondary N) is 1. The van der Waals surface area contributed by atoms with Crippen molar-refractivity contribution in [3.05, 3.63) is 100.0 Å². The Bertz CT molecular complexity index is 1200. The van der Waals surface area contributed by atoms with Gasteiger partial charge in [0.2, 0.25) is 0 Å². The zero-order chi connectivity index (χ0) is 21.8. The molecule has 0 saturated heterocycles. The largest absolute Gasteiger partial charge is 0.497 e. The number of pyridine rings is 1. The average molecular weight is 434 g/mol. The third-order valence-corrected chi connectivity index (χ3v) is 5.47. The Balaban J connectivity index is 1.43. The van der Waals surface area contributed by atoms with Crippen LogP contribution in [0.3, 0.4) is 0 Å². The van der Waals surface area contributed by atoms with E-state index < -0.39 is 0 Å². The molecule has 2 aromatic carbocycles. The number of fused-ring (bicyclic) bond motifs is 1. The van der Waals surface area contributed by atoms with Crippen LogP contribution in [0.1, 0.15) is 39.8 Å². The highest BCUT2D eigenvalue weighted by Crippen LogP contribution is 2.18. The van der Waals surface area contributed by atoms with Crippen LogP contribution in [0, 0.1) is 0 Å². The van der Waals surface area contributed by atoms with Gasteiger partial charge < -0.3 is 10.1 Å². The van der Waals surface area contributed by atoms with Gasteiger partial charge in [0.25, 0.3) is 5.91 Å². The molecule has 4 aromatic rings. The Hall–Kier alpha value is -3.31. The van der Waals surface area contributed by atoms with Gasteiger partial charge in [-0.25, -0.2) is 4.98 Å². The smallest absolute Gasteiger partial charge is 0.270 e. The number of halogens is 1. The number of amides is 1. The normalized spacial score (nSPS) is 10.9. The Kier molecular flexibility index (Phi) is 6.23. The number of carbonyl (C=O) groups is 1. The lowest BCUT2D eigenvalue weighted by atomic mass is 10.0. The van der Waals surface area contributed by atoms with Crippen LogP contribution in [-0.2, 0) is 19.4 Å². The molecular weight excluding hydrogens is 410 g/mol. The van der Waals surface area contributed by atoms with Gasteiger partial charge in [0.05, 0.1) is 17.8 Å². The van der Waals surface area contributed by atoms with Crippen molar-refractivity contribution in [2.45, 2.75) is 26.3 Å². The predicted octanol–water partition coefficient (Wildman–Crippen LogP) is 5.08. The van der Waals surface area contributed by atoms with Crippen LogP contribution < -0.4 is 10.1 Å². The van der Waals surface area contributed by atoms with E-state index in [1.54, 1.807) is 23.8 Å². The maximum Gasteiger partial charge on any atom is 0.270 e. The van der Waals surface area contributed by atoms with Gasteiger partial charge in [-0.3, -0.25) is 9.20 Å². The monoisotopic (exact) mass is 433 g/mol. The van der Waals surface area contributed by atoms with Gasteiger partial charge in [-0.1, -0.05) is 54.9 Å². The zero-order valence-electron chi connectivity index (χ0n) is 17.6. The van der Waals surface area contributed by atoms with Crippen LogP contribution in [0.2, 0.25) is 5.02 Å². The molecule has 6 heteroatoms. The van der Waals surface area contributed by atoms with Gasteiger partial charge in [-0.2, -0.15) is 0 Å². The van der Waals surface area contributed by atoms with Gasteiger partial charge in [0.15, 0.2) is 0 Å². The van der Waals surface area contributed by atoms with Crippen molar-refractivity contribution in [3.63, 3.8) is 0 Å². The van der Waals surface area contributed by atoms with Gasteiger partial charge in [0, 0.05) is 12.7 Å². The fourth-order valence-corrected chi connectivity index (χ4v) is 3.74. The summed E-state index contributed by atoms with van der Waals surface area (Å²) in [4.78, 5) is 17.5. The first-order valence-corrected chi connectivity index (χ1v) is 10.6. The van der Waals surface area contributed by atoms with Crippen molar-refractivity contribution < 1.29 is 9.53 Å². The second-order valence-electron chi connectivity index (χ2n) is 7.36. The average Bonchev–Trinajstić information content (AvgIpc) is 3.16. The molecule has 2 heterocycles. The van der Waals surface area contributed by atoms with E-state index >= 15 is 0 Å². The molecule has 158 valence electrons. The summed E-state index contributed by atoms with van der Waals surface area (Å²) in [7, 11) is 1.67. The maximum absolute atomic E-state index is 12.9. The number of hydrogen-bond donors (Lipinski definition) is 1. The number of aromatic nitrogens is 2. The van der Waals surface area contributed by atoms with Gasteiger partial charge in [-0.15, -0.1) is 0 Å². The summed E-state index contributed by atoms with van der Waals surface area (Å²) in [5.74, 6) is 0.697. The van der Waals surface area contributed by atoms with Gasteiger partial charge in [0.1, 0.15) is 17.1 Å². The quantitative estimate of drug-likeness (QED) is 0.442. The Labute approximate surface area is 186 Å². The minimum atomic E-state index is -0.158. The van der Waals surface area contributed by atoms with Crippen LogP contribution in [0.4, 0.5) is 0 Å². The number of imidazole rings is 1. The summed E-state index contributed by atoms with van der Waals surface area (Å²) in [6.07, 6.45) is 3.24. The summed E-state index contributed by atoms with van der Waals surface area (Å²) in [5, 5.41) is 3.58. The Morgan fingerprint density at radius 1 is 1.00 bits per heavy atom. The summed E-state index contributed by atoms with van der Waals surface area (Å²) in [5.41, 5.74) is 5.49. The molecule has 0 aliphatic carbocycles. The first-order chi connectivity index (χ1) is 15.1. The molecule has 1 N–H and O–H groups in total. The first-order valence-electron chi connectivity index (χ1n) is 10.2. The zero-order valence-corrected chi connectivity index (χ0v) is 18.3. The van der Waals surface area contributed by atoms with E-state index in [1.807, 2.05) is 37.3 Å². The van der Waals surface area contributed by atoms with Crippen molar-refractivity contribution in [1.82, 2.24) is 14.7 Å². The number of carbonyl (C=O) groups excluding carboxylic acids is 1. The van der Waals surface area contributed by atoms with E-state index in [4.69, 9.17) is 16.3 Å². The minimum Gasteiger partial charge on any atom is -0.497 e. The van der Waals surface area contributed by atoms with Gasteiger partial charge >= 0.3 is 0 Å². The van der Waals surface area contributed by atoms with E-state index in [0.717, 1.165) is 23.4 Å². The van der Waals surface area contributed by atoms with Gasteiger partial charge in [-0.05, 0) is 53.8 Å². The lowest BCUT2D eigenvalue weighted by Crippen LogP contribution is -2.25. The van der Waals surface area contributed by atoms with Crippen LogP contribution >= 0.6 is 11.6 Å². The highest BCUT2D eigenvalue weighted by molar-refractivity contribution is 6.30. The molecule has 0 bridgehead atoms. The molecule has 5 nitrogen and oxygen atoms in total. The third-order valence-electron chi connectivity index (χ3n) is 5.25. The van der Waals surface area contributed by atoms with E-state index in [2.05, 4.69) is 34.6 Å². The van der Waals surface area contributed by atoms with Crippen molar-refractivity contribution in [1.29, 1.82) is 0 Å². The molecule has 0 atom stereocenters. The molecule has 31 heavy (non-hydrogen) atoms. The Morgan fingerprint density at radius 3 is 2.29 bits per heavy atom. The van der Waals surface area contributed by atoms with Crippen molar-refractivity contribution in [2.75, 3.05) is 7.11 Å². The second kappa shape index (κ2) is 9.23. The number of nitrogens with zero attached hydrogens (tertiary/aromatic N) is 2. The third kappa shape index (κ3) is 4.72. The topological polar surface area (TPSA) is 55.6 Å². The molecule has 0 aliphatic rings. The van der Waals surface area contributed by atoms with Crippen molar-refractivity contribution in [2.24, 2.45) is 0 Å². The molecule has 0 saturated carbocycles. The molecule has 0 aliphatic heterocycles. The number of aryl methyl sites for hydroxylation is 1. The first kappa shape index (κ1) is 20.9. The van der Waals surface area contributed by atoms with E-state index in [9.17, 15) is 4.79 Å². The summed E-state index contributed by atoms with van der Waals surface area (Å²) < 4.78 is 6.96. The van der Waals surface area contributed by atoms with Crippen LogP contribution in [0.5, 0.6) is 5.75 Å². The van der Waals surface area contributed by atoms with Crippen LogP contribution in [0.15, 0.2) is 66.9 Å². The minimum absolute atomic E-state index is 0.158. The number of ether oxygens (including phenoxy) is 1. The fraction of sp³-hybridized carbons (Fsp3) is 0.200. The van der Waals surface area contributed by atoms with Crippen molar-refractivity contribution >= 4 is 23.2 Å². The van der Waals surface area contributed by atoms with Crippen molar-refractivity contribution in [3.8, 4) is 5.75 Å². The molecular formula is C25H24ClN3O2. The molecule has 0 unspecified atom stereocenters. The number of methoxy groups -OCH3 is 1. The SMILES string of the molecule is CCc1nc2ccc(Cl)cn2c1C(=O)NCc1ccc(Cc2ccc(OC)cc2)cc1. The van der Waals surface area contributed by atoms with Crippen LogP contribution in [0.25, 0.3) is 5.65 Å². The molecule has 2 aromatic heterocycles. The number of rotatable bonds is 7. The van der Waals surface area contributed by atoms with Crippen LogP contribution in [-0.4, -0.2) is 22.4 Å². The number of benzene rings is 2. The molecule has 0 fully saturated rings. The summed E-state index contributed by atoms with van der Waals surface area (Å²) in [6.45, 7) is 2.43. The van der Waals surface area contributed by atoms with E-state index in [0.29, 0.717) is 29.3 Å². The lowest BCUT2D eigenvalue weighted by Gasteiger charge is -2.08.